The summed E-state index contributed by atoms with van der Waals surface area (Å²) in [6.07, 6.45) is 6.83. The summed E-state index contributed by atoms with van der Waals surface area (Å²) < 4.78 is 0. The molecule has 1 aliphatic heterocycles. The Morgan fingerprint density at radius 3 is 2.78 bits per heavy atom. The monoisotopic (exact) mass is 359 g/mol. The van der Waals surface area contributed by atoms with Crippen LogP contribution in [0, 0.1) is 20.8 Å². The molecule has 1 saturated heterocycles. The quantitative estimate of drug-likeness (QED) is 0.652. The van der Waals surface area contributed by atoms with Crippen LogP contribution in [0.3, 0.4) is 0 Å². The molecule has 0 N–H and O–H groups in total. The van der Waals surface area contributed by atoms with E-state index < -0.39 is 0 Å². The van der Waals surface area contributed by atoms with Crippen LogP contribution in [0.15, 0.2) is 42.7 Å². The van der Waals surface area contributed by atoms with Gasteiger partial charge in [-0.1, -0.05) is 18.2 Å². The van der Waals surface area contributed by atoms with Gasteiger partial charge in [-0.2, -0.15) is 0 Å². The Labute approximate surface area is 160 Å². The standard InChI is InChI=1S/C23H25N3O/c1-15-9-10-19-20(13-16(2)25-22(19)17(15)3)23(27)26-12-5-4-8-21(26)18-7-6-11-24-14-18/h6-7,9-11,13-14,21H,4-5,8,12H2,1-3H3/t21-/m1/s1. The SMILES string of the molecule is Cc1cc(C(=O)N2CCCC[C@@H]2c2cccnc2)c2ccc(C)c(C)c2n1. The van der Waals surface area contributed by atoms with E-state index in [1.54, 1.807) is 6.20 Å². The molecule has 0 radical (unpaired) electrons. The summed E-state index contributed by atoms with van der Waals surface area (Å²) in [4.78, 5) is 24.6. The van der Waals surface area contributed by atoms with Crippen molar-refractivity contribution in [3.05, 3.63) is 70.7 Å². The third-order valence-electron chi connectivity index (χ3n) is 5.70. The number of aryl methyl sites for hydroxylation is 3. The van der Waals surface area contributed by atoms with Gasteiger partial charge >= 0.3 is 0 Å². The van der Waals surface area contributed by atoms with Gasteiger partial charge in [0.05, 0.1) is 17.1 Å². The number of piperidine rings is 1. The first-order valence-corrected chi connectivity index (χ1v) is 9.64. The fraction of sp³-hybridized carbons (Fsp3) is 0.348. The smallest absolute Gasteiger partial charge is 0.255 e. The highest BCUT2D eigenvalue weighted by Gasteiger charge is 2.30. The molecule has 1 aromatic carbocycles. The van der Waals surface area contributed by atoms with E-state index in [0.717, 1.165) is 59.1 Å². The van der Waals surface area contributed by atoms with Crippen molar-refractivity contribution in [2.45, 2.75) is 46.1 Å². The second-order valence-electron chi connectivity index (χ2n) is 7.51. The lowest BCUT2D eigenvalue weighted by molar-refractivity contribution is 0.0613. The van der Waals surface area contributed by atoms with Gasteiger partial charge in [0, 0.05) is 30.0 Å². The number of hydrogen-bond donors (Lipinski definition) is 0. The van der Waals surface area contributed by atoms with Gasteiger partial charge in [-0.05, 0) is 68.9 Å². The first-order chi connectivity index (χ1) is 13.1. The van der Waals surface area contributed by atoms with E-state index in [1.165, 1.54) is 5.56 Å². The molecule has 27 heavy (non-hydrogen) atoms. The first kappa shape index (κ1) is 17.7. The molecule has 2 aromatic heterocycles. The number of nitrogens with zero attached hydrogens (tertiary/aromatic N) is 3. The summed E-state index contributed by atoms with van der Waals surface area (Å²) in [6.45, 7) is 6.92. The van der Waals surface area contributed by atoms with Crippen LogP contribution in [-0.2, 0) is 0 Å². The van der Waals surface area contributed by atoms with Crippen LogP contribution < -0.4 is 0 Å². The van der Waals surface area contributed by atoms with Gasteiger partial charge < -0.3 is 4.90 Å². The summed E-state index contributed by atoms with van der Waals surface area (Å²) in [5.74, 6) is 0.0994. The van der Waals surface area contributed by atoms with E-state index in [2.05, 4.69) is 31.0 Å². The van der Waals surface area contributed by atoms with E-state index in [-0.39, 0.29) is 11.9 Å². The molecule has 1 aliphatic rings. The predicted octanol–water partition coefficient (Wildman–Crippen LogP) is 4.92. The number of carbonyl (C=O) groups excluding carboxylic acids is 1. The molecule has 4 nitrogen and oxygen atoms in total. The number of amides is 1. The van der Waals surface area contributed by atoms with Gasteiger partial charge in [-0.25, -0.2) is 0 Å². The lowest BCUT2D eigenvalue weighted by Crippen LogP contribution is -2.38. The number of rotatable bonds is 2. The fourth-order valence-electron chi connectivity index (χ4n) is 4.08. The van der Waals surface area contributed by atoms with E-state index in [4.69, 9.17) is 4.98 Å². The molecular formula is C23H25N3O. The van der Waals surface area contributed by atoms with Crippen LogP contribution in [0.4, 0.5) is 0 Å². The molecule has 1 atom stereocenters. The lowest BCUT2D eigenvalue weighted by atomic mass is 9.94. The third kappa shape index (κ3) is 3.20. The Kier molecular flexibility index (Phi) is 4.65. The number of hydrogen-bond acceptors (Lipinski definition) is 3. The number of benzene rings is 1. The molecule has 138 valence electrons. The Hall–Kier alpha value is -2.75. The number of likely N-dealkylation sites (tertiary alicyclic amines) is 1. The molecule has 0 bridgehead atoms. The van der Waals surface area contributed by atoms with Crippen molar-refractivity contribution < 1.29 is 4.79 Å². The van der Waals surface area contributed by atoms with Crippen molar-refractivity contribution >= 4 is 16.8 Å². The van der Waals surface area contributed by atoms with Gasteiger partial charge in [0.1, 0.15) is 0 Å². The zero-order chi connectivity index (χ0) is 19.0. The van der Waals surface area contributed by atoms with Crippen molar-refractivity contribution in [3.63, 3.8) is 0 Å². The molecule has 4 rings (SSSR count). The Morgan fingerprint density at radius 1 is 1.15 bits per heavy atom. The first-order valence-electron chi connectivity index (χ1n) is 9.64. The molecule has 0 spiro atoms. The number of fused-ring (bicyclic) bond motifs is 1. The number of carbonyl (C=O) groups is 1. The Morgan fingerprint density at radius 2 is 2.00 bits per heavy atom. The molecule has 3 aromatic rings. The molecule has 3 heterocycles. The van der Waals surface area contributed by atoms with E-state index >= 15 is 0 Å². The molecule has 0 unspecified atom stereocenters. The zero-order valence-corrected chi connectivity index (χ0v) is 16.2. The highest BCUT2D eigenvalue weighted by atomic mass is 16.2. The minimum atomic E-state index is 0.0926. The normalized spacial score (nSPS) is 17.3. The summed E-state index contributed by atoms with van der Waals surface area (Å²) in [6, 6.07) is 10.2. The highest BCUT2D eigenvalue weighted by molar-refractivity contribution is 6.07. The van der Waals surface area contributed by atoms with Gasteiger partial charge in [0.15, 0.2) is 0 Å². The van der Waals surface area contributed by atoms with Crippen LogP contribution in [-0.4, -0.2) is 27.3 Å². The van der Waals surface area contributed by atoms with E-state index in [9.17, 15) is 4.79 Å². The van der Waals surface area contributed by atoms with Crippen molar-refractivity contribution in [3.8, 4) is 0 Å². The topological polar surface area (TPSA) is 46.1 Å². The zero-order valence-electron chi connectivity index (χ0n) is 16.2. The molecular weight excluding hydrogens is 334 g/mol. The maximum Gasteiger partial charge on any atom is 0.255 e. The number of pyridine rings is 2. The van der Waals surface area contributed by atoms with E-state index in [1.807, 2.05) is 36.2 Å². The molecule has 0 saturated carbocycles. The summed E-state index contributed by atoms with van der Waals surface area (Å²) >= 11 is 0. The Bertz CT molecular complexity index is 997. The maximum atomic E-state index is 13.6. The largest absolute Gasteiger partial charge is 0.332 e. The highest BCUT2D eigenvalue weighted by Crippen LogP contribution is 2.33. The van der Waals surface area contributed by atoms with Crippen molar-refractivity contribution in [2.24, 2.45) is 0 Å². The van der Waals surface area contributed by atoms with Crippen LogP contribution in [0.25, 0.3) is 10.9 Å². The summed E-state index contributed by atoms with van der Waals surface area (Å²) in [7, 11) is 0. The summed E-state index contributed by atoms with van der Waals surface area (Å²) in [5, 5.41) is 0.948. The van der Waals surface area contributed by atoms with Gasteiger partial charge in [-0.15, -0.1) is 0 Å². The minimum Gasteiger partial charge on any atom is -0.332 e. The average Bonchev–Trinajstić information content (AvgIpc) is 2.70. The van der Waals surface area contributed by atoms with Gasteiger partial charge in [0.2, 0.25) is 0 Å². The van der Waals surface area contributed by atoms with Crippen LogP contribution >= 0.6 is 0 Å². The van der Waals surface area contributed by atoms with Crippen molar-refractivity contribution in [2.75, 3.05) is 6.54 Å². The predicted molar refractivity (Wildman–Crippen MR) is 108 cm³/mol. The molecule has 4 heteroatoms. The van der Waals surface area contributed by atoms with Crippen LogP contribution in [0.5, 0.6) is 0 Å². The van der Waals surface area contributed by atoms with Crippen molar-refractivity contribution in [1.82, 2.24) is 14.9 Å². The minimum absolute atomic E-state index is 0.0926. The summed E-state index contributed by atoms with van der Waals surface area (Å²) in [5.41, 5.74) is 6.05. The number of aromatic nitrogens is 2. The van der Waals surface area contributed by atoms with Crippen molar-refractivity contribution in [1.29, 1.82) is 0 Å². The second kappa shape index (κ2) is 7.10. The molecule has 1 fully saturated rings. The lowest BCUT2D eigenvalue weighted by Gasteiger charge is -2.36. The fourth-order valence-corrected chi connectivity index (χ4v) is 4.08. The van der Waals surface area contributed by atoms with Crippen LogP contribution in [0.1, 0.15) is 58.0 Å². The molecule has 1 amide bonds. The Balaban J connectivity index is 1.81. The van der Waals surface area contributed by atoms with Gasteiger partial charge in [0.25, 0.3) is 5.91 Å². The average molecular weight is 359 g/mol. The maximum absolute atomic E-state index is 13.6. The van der Waals surface area contributed by atoms with Gasteiger partial charge in [-0.3, -0.25) is 14.8 Å². The van der Waals surface area contributed by atoms with Crippen LogP contribution in [0.2, 0.25) is 0 Å². The molecule has 0 aliphatic carbocycles. The van der Waals surface area contributed by atoms with E-state index in [0.29, 0.717) is 0 Å². The second-order valence-corrected chi connectivity index (χ2v) is 7.51. The third-order valence-corrected chi connectivity index (χ3v) is 5.70.